The summed E-state index contributed by atoms with van der Waals surface area (Å²) < 4.78 is 1.75. The molecule has 0 saturated heterocycles. The Morgan fingerprint density at radius 3 is 3.00 bits per heavy atom. The van der Waals surface area contributed by atoms with Gasteiger partial charge in [-0.1, -0.05) is 13.8 Å². The predicted octanol–water partition coefficient (Wildman–Crippen LogP) is 1.22. The van der Waals surface area contributed by atoms with Crippen LogP contribution in [0.1, 0.15) is 19.5 Å². The first kappa shape index (κ1) is 13.3. The molecule has 0 fully saturated rings. The summed E-state index contributed by atoms with van der Waals surface area (Å²) in [7, 11) is 0. The van der Waals surface area contributed by atoms with Crippen molar-refractivity contribution in [3.8, 4) is 0 Å². The average Bonchev–Trinajstić information content (AvgIpc) is 2.74. The van der Waals surface area contributed by atoms with Gasteiger partial charge >= 0.3 is 0 Å². The fourth-order valence-electron chi connectivity index (χ4n) is 1.72. The summed E-state index contributed by atoms with van der Waals surface area (Å²) >= 11 is 0. The highest BCUT2D eigenvalue weighted by molar-refractivity contribution is 5.82. The van der Waals surface area contributed by atoms with Crippen molar-refractivity contribution >= 4 is 17.2 Å². The zero-order valence-corrected chi connectivity index (χ0v) is 11.5. The number of fused-ring (bicyclic) bond motifs is 1. The molecule has 2 N–H and O–H groups in total. The second kappa shape index (κ2) is 5.69. The van der Waals surface area contributed by atoms with E-state index in [1.165, 1.54) is 0 Å². The normalized spacial score (nSPS) is 10.9. The van der Waals surface area contributed by atoms with Crippen LogP contribution < -0.4 is 10.6 Å². The van der Waals surface area contributed by atoms with E-state index in [9.17, 15) is 4.79 Å². The molecule has 0 aliphatic rings. The first-order valence-electron chi connectivity index (χ1n) is 6.38. The summed E-state index contributed by atoms with van der Waals surface area (Å²) in [5, 5.41) is 10.2. The molecule has 2 aromatic rings. The van der Waals surface area contributed by atoms with Crippen LogP contribution in [0.5, 0.6) is 0 Å². The van der Waals surface area contributed by atoms with E-state index < -0.39 is 0 Å². The number of nitrogens with zero attached hydrogens (tertiary/aromatic N) is 3. The fraction of sp³-hybridized carbons (Fsp3) is 0.462. The number of carbonyl (C=O) groups excluding carboxylic acids is 1. The average molecular weight is 261 g/mol. The Morgan fingerprint density at radius 2 is 2.26 bits per heavy atom. The lowest BCUT2D eigenvalue weighted by atomic mass is 10.2. The van der Waals surface area contributed by atoms with Gasteiger partial charge in [-0.05, 0) is 18.9 Å². The third kappa shape index (κ3) is 3.43. The standard InChI is InChI=1S/C13H19N5O/c1-9(2)7-15-12(19)8-16-13-11-6-10(3)17-18(11)5-4-14-13/h4-6,9H,7-8H2,1-3H3,(H,14,16)(H,15,19). The number of aryl methyl sites for hydroxylation is 1. The maximum atomic E-state index is 11.6. The van der Waals surface area contributed by atoms with Gasteiger partial charge in [0.15, 0.2) is 5.82 Å². The molecule has 0 atom stereocenters. The molecule has 0 radical (unpaired) electrons. The molecular formula is C13H19N5O. The van der Waals surface area contributed by atoms with Crippen LogP contribution in [0, 0.1) is 12.8 Å². The lowest BCUT2D eigenvalue weighted by Crippen LogP contribution is -2.32. The van der Waals surface area contributed by atoms with Crippen molar-refractivity contribution in [3.63, 3.8) is 0 Å². The Labute approximate surface area is 112 Å². The predicted molar refractivity (Wildman–Crippen MR) is 74.1 cm³/mol. The van der Waals surface area contributed by atoms with Crippen LogP contribution in [0.15, 0.2) is 18.5 Å². The van der Waals surface area contributed by atoms with Gasteiger partial charge in [0.05, 0.1) is 12.2 Å². The molecule has 0 spiro atoms. The molecule has 0 aromatic carbocycles. The smallest absolute Gasteiger partial charge is 0.239 e. The van der Waals surface area contributed by atoms with Gasteiger partial charge in [0.2, 0.25) is 5.91 Å². The molecule has 2 heterocycles. The van der Waals surface area contributed by atoms with Crippen molar-refractivity contribution in [2.75, 3.05) is 18.4 Å². The lowest BCUT2D eigenvalue weighted by molar-refractivity contribution is -0.119. The molecule has 0 aliphatic carbocycles. The van der Waals surface area contributed by atoms with Gasteiger partial charge in [0.1, 0.15) is 5.52 Å². The Bertz CT molecular complexity index is 575. The van der Waals surface area contributed by atoms with E-state index >= 15 is 0 Å². The van der Waals surface area contributed by atoms with Crippen LogP contribution in [0.4, 0.5) is 5.82 Å². The second-order valence-corrected chi connectivity index (χ2v) is 4.94. The molecule has 0 aliphatic heterocycles. The molecule has 19 heavy (non-hydrogen) atoms. The van der Waals surface area contributed by atoms with Crippen molar-refractivity contribution in [1.29, 1.82) is 0 Å². The zero-order valence-electron chi connectivity index (χ0n) is 11.5. The van der Waals surface area contributed by atoms with Crippen LogP contribution in [-0.4, -0.2) is 33.6 Å². The van der Waals surface area contributed by atoms with Crippen molar-refractivity contribution < 1.29 is 4.79 Å². The maximum Gasteiger partial charge on any atom is 0.239 e. The number of hydrogen-bond acceptors (Lipinski definition) is 4. The van der Waals surface area contributed by atoms with E-state index in [-0.39, 0.29) is 12.5 Å². The zero-order chi connectivity index (χ0) is 13.8. The van der Waals surface area contributed by atoms with Crippen molar-refractivity contribution in [3.05, 3.63) is 24.2 Å². The monoisotopic (exact) mass is 261 g/mol. The summed E-state index contributed by atoms with van der Waals surface area (Å²) in [6, 6.07) is 1.93. The van der Waals surface area contributed by atoms with Crippen molar-refractivity contribution in [2.45, 2.75) is 20.8 Å². The highest BCUT2D eigenvalue weighted by Gasteiger charge is 2.07. The number of amides is 1. The molecule has 0 bridgehead atoms. The maximum absolute atomic E-state index is 11.6. The summed E-state index contributed by atoms with van der Waals surface area (Å²) in [5.74, 6) is 1.08. The first-order valence-corrected chi connectivity index (χ1v) is 6.38. The first-order chi connectivity index (χ1) is 9.06. The molecule has 2 aromatic heterocycles. The molecule has 0 unspecified atom stereocenters. The SMILES string of the molecule is Cc1cc2c(NCC(=O)NCC(C)C)nccn2n1. The largest absolute Gasteiger partial charge is 0.359 e. The quantitative estimate of drug-likeness (QED) is 0.849. The van der Waals surface area contributed by atoms with Crippen LogP contribution in [0.3, 0.4) is 0 Å². The van der Waals surface area contributed by atoms with Gasteiger partial charge in [-0.25, -0.2) is 9.50 Å². The highest BCUT2D eigenvalue weighted by Crippen LogP contribution is 2.13. The minimum absolute atomic E-state index is 0.0336. The number of hydrogen-bond donors (Lipinski definition) is 2. The van der Waals surface area contributed by atoms with E-state index in [1.54, 1.807) is 16.9 Å². The summed E-state index contributed by atoms with van der Waals surface area (Å²) in [6.07, 6.45) is 3.44. The van der Waals surface area contributed by atoms with Crippen molar-refractivity contribution in [1.82, 2.24) is 19.9 Å². The van der Waals surface area contributed by atoms with E-state index in [4.69, 9.17) is 0 Å². The minimum atomic E-state index is -0.0336. The molecule has 0 saturated carbocycles. The number of aromatic nitrogens is 3. The van der Waals surface area contributed by atoms with Gasteiger partial charge in [0.25, 0.3) is 0 Å². The van der Waals surface area contributed by atoms with Crippen LogP contribution in [-0.2, 0) is 4.79 Å². The Balaban J connectivity index is 1.99. The summed E-state index contributed by atoms with van der Waals surface area (Å²) in [6.45, 7) is 6.94. The van der Waals surface area contributed by atoms with Crippen molar-refractivity contribution in [2.24, 2.45) is 5.92 Å². The summed E-state index contributed by atoms with van der Waals surface area (Å²) in [4.78, 5) is 15.9. The van der Waals surface area contributed by atoms with Gasteiger partial charge in [-0.15, -0.1) is 0 Å². The number of anilines is 1. The molecule has 102 valence electrons. The van der Waals surface area contributed by atoms with E-state index in [2.05, 4.69) is 34.6 Å². The van der Waals surface area contributed by atoms with Gasteiger partial charge < -0.3 is 10.6 Å². The Morgan fingerprint density at radius 1 is 1.47 bits per heavy atom. The van der Waals surface area contributed by atoms with Crippen LogP contribution in [0.25, 0.3) is 5.52 Å². The van der Waals surface area contributed by atoms with Gasteiger partial charge in [-0.2, -0.15) is 5.10 Å². The lowest BCUT2D eigenvalue weighted by Gasteiger charge is -2.09. The number of rotatable bonds is 5. The van der Waals surface area contributed by atoms with Gasteiger partial charge in [0, 0.05) is 18.9 Å². The van der Waals surface area contributed by atoms with Crippen LogP contribution in [0.2, 0.25) is 0 Å². The van der Waals surface area contributed by atoms with Gasteiger partial charge in [-0.3, -0.25) is 4.79 Å². The third-order valence-electron chi connectivity index (χ3n) is 2.64. The van der Waals surface area contributed by atoms with E-state index in [1.807, 2.05) is 13.0 Å². The molecule has 6 nitrogen and oxygen atoms in total. The highest BCUT2D eigenvalue weighted by atomic mass is 16.1. The Kier molecular flexibility index (Phi) is 3.99. The topological polar surface area (TPSA) is 71.3 Å². The summed E-state index contributed by atoms with van der Waals surface area (Å²) in [5.41, 5.74) is 1.79. The fourth-order valence-corrected chi connectivity index (χ4v) is 1.72. The second-order valence-electron chi connectivity index (χ2n) is 4.94. The molecule has 6 heteroatoms. The van der Waals surface area contributed by atoms with Crippen LogP contribution >= 0.6 is 0 Å². The molecule has 2 rings (SSSR count). The number of nitrogens with one attached hydrogen (secondary N) is 2. The van der Waals surface area contributed by atoms with E-state index in [0.717, 1.165) is 11.2 Å². The van der Waals surface area contributed by atoms with E-state index in [0.29, 0.717) is 18.3 Å². The Hall–Kier alpha value is -2.11. The third-order valence-corrected chi connectivity index (χ3v) is 2.64. The minimum Gasteiger partial charge on any atom is -0.359 e. The number of carbonyl (C=O) groups is 1. The molecular weight excluding hydrogens is 242 g/mol. The molecule has 1 amide bonds.